The van der Waals surface area contributed by atoms with Gasteiger partial charge in [0.1, 0.15) is 16.5 Å². The van der Waals surface area contributed by atoms with E-state index in [0.29, 0.717) is 39.7 Å². The average Bonchev–Trinajstić information content (AvgIpc) is 3.47. The lowest BCUT2D eigenvalue weighted by Crippen LogP contribution is -2.45. The summed E-state index contributed by atoms with van der Waals surface area (Å²) in [4.78, 5) is 34.2. The maximum Gasteiger partial charge on any atom is 0.350 e. The number of aryl methyl sites for hydroxylation is 1. The summed E-state index contributed by atoms with van der Waals surface area (Å²) in [5.41, 5.74) is 2.71. The molecule has 208 valence electrons. The average molecular weight is 572 g/mol. The second-order valence-corrected chi connectivity index (χ2v) is 12.8. The minimum absolute atomic E-state index is 0.300. The minimum atomic E-state index is -3.25. The van der Waals surface area contributed by atoms with Gasteiger partial charge in [0.2, 0.25) is 5.95 Å². The van der Waals surface area contributed by atoms with E-state index in [1.54, 1.807) is 26.0 Å². The third-order valence-corrected chi connectivity index (χ3v) is 9.08. The number of carbonyl (C=O) groups is 1. The number of nitrogens with zero attached hydrogens (tertiary/aromatic N) is 6. The molecule has 1 N–H and O–H groups in total. The largest absolute Gasteiger partial charge is 0.462 e. The van der Waals surface area contributed by atoms with Gasteiger partial charge in [0, 0.05) is 51.1 Å². The summed E-state index contributed by atoms with van der Waals surface area (Å²) >= 11 is 1.22. The van der Waals surface area contributed by atoms with Gasteiger partial charge in [-0.05, 0) is 45.0 Å². The molecule has 0 radical (unpaired) electrons. The maximum absolute atomic E-state index is 12.3. The lowest BCUT2D eigenvalue weighted by Gasteiger charge is -2.34. The summed E-state index contributed by atoms with van der Waals surface area (Å²) in [5.74, 6) is 1.81. The lowest BCUT2D eigenvalue weighted by molar-refractivity contribution is 0.0531. The number of thiazole rings is 1. The quantitative estimate of drug-likeness (QED) is 0.402. The van der Waals surface area contributed by atoms with Crippen molar-refractivity contribution in [2.45, 2.75) is 31.7 Å². The first kappa shape index (κ1) is 27.3. The number of fused-ring (bicyclic) bond motifs is 1. The van der Waals surface area contributed by atoms with Gasteiger partial charge >= 0.3 is 5.97 Å². The number of carbonyl (C=O) groups excluding carboxylic acids is 1. The first-order valence-electron chi connectivity index (χ1n) is 12.9. The highest BCUT2D eigenvalue weighted by molar-refractivity contribution is 7.90. The Hall–Kier alpha value is -3.29. The number of sulfone groups is 1. The molecule has 2 aliphatic heterocycles. The molecule has 0 bridgehead atoms. The molecule has 3 aromatic rings. The molecule has 4 heterocycles. The number of aromatic nitrogens is 3. The molecule has 1 fully saturated rings. The summed E-state index contributed by atoms with van der Waals surface area (Å²) in [7, 11) is -1.13. The molecular formula is C26H33N7O4S2. The van der Waals surface area contributed by atoms with Crippen LogP contribution in [0.25, 0.3) is 0 Å². The van der Waals surface area contributed by atoms with E-state index in [9.17, 15) is 13.2 Å². The highest BCUT2D eigenvalue weighted by Gasteiger charge is 2.30. The number of esters is 1. The Bertz CT molecular complexity index is 1470. The predicted molar refractivity (Wildman–Crippen MR) is 152 cm³/mol. The predicted octanol–water partition coefficient (Wildman–Crippen LogP) is 2.88. The molecule has 0 unspecified atom stereocenters. The van der Waals surface area contributed by atoms with Crippen LogP contribution in [0.2, 0.25) is 0 Å². The highest BCUT2D eigenvalue weighted by Crippen LogP contribution is 2.36. The van der Waals surface area contributed by atoms with Crippen molar-refractivity contribution >= 4 is 49.9 Å². The van der Waals surface area contributed by atoms with E-state index in [1.807, 2.05) is 12.1 Å². The van der Waals surface area contributed by atoms with Gasteiger partial charge in [0.15, 0.2) is 15.0 Å². The molecule has 0 spiro atoms. The van der Waals surface area contributed by atoms with Crippen molar-refractivity contribution in [1.29, 1.82) is 0 Å². The molecular weight excluding hydrogens is 538 g/mol. The Kier molecular flexibility index (Phi) is 7.74. The molecule has 0 saturated carbocycles. The van der Waals surface area contributed by atoms with Gasteiger partial charge in [-0.15, -0.1) is 0 Å². The topological polar surface area (TPSA) is 121 Å². The molecule has 13 heteroatoms. The lowest BCUT2D eigenvalue weighted by atomic mass is 10.2. The standard InChI is InChI=1S/C26H33N7O4S2/c1-5-37-24(34)21-17(2)27-26(38-21)30-25-28-22(32-14-12-31(3)13-15-32)20-10-11-33(23(20)29-25)16-18-6-8-19(9-7-18)39(4,35)36/h6-9H,5,10-16H2,1-4H3,(H,27,28,29,30). The van der Waals surface area contributed by atoms with Crippen LogP contribution in [-0.4, -0.2) is 86.9 Å². The number of benzene rings is 1. The summed E-state index contributed by atoms with van der Waals surface area (Å²) in [5, 5.41) is 3.76. The van der Waals surface area contributed by atoms with Crippen LogP contribution in [0.4, 0.5) is 22.7 Å². The third-order valence-electron chi connectivity index (χ3n) is 6.90. The van der Waals surface area contributed by atoms with Crippen LogP contribution in [0.5, 0.6) is 0 Å². The van der Waals surface area contributed by atoms with Crippen molar-refractivity contribution in [3.63, 3.8) is 0 Å². The van der Waals surface area contributed by atoms with Gasteiger partial charge < -0.3 is 19.4 Å². The van der Waals surface area contributed by atoms with Crippen LogP contribution in [0.1, 0.15) is 33.4 Å². The highest BCUT2D eigenvalue weighted by atomic mass is 32.2. The number of nitrogens with one attached hydrogen (secondary N) is 1. The van der Waals surface area contributed by atoms with E-state index >= 15 is 0 Å². The monoisotopic (exact) mass is 571 g/mol. The van der Waals surface area contributed by atoms with E-state index in [-0.39, 0.29) is 5.97 Å². The smallest absolute Gasteiger partial charge is 0.350 e. The Morgan fingerprint density at radius 2 is 1.74 bits per heavy atom. The maximum atomic E-state index is 12.3. The zero-order valence-electron chi connectivity index (χ0n) is 22.6. The van der Waals surface area contributed by atoms with Crippen LogP contribution in [-0.2, 0) is 27.5 Å². The SMILES string of the molecule is CCOC(=O)c1sc(Nc2nc(N3CCN(C)CC3)c3c(n2)N(Cc2ccc(S(C)(=O)=O)cc2)CC3)nc1C. The van der Waals surface area contributed by atoms with Gasteiger partial charge in [0.05, 0.1) is 17.2 Å². The van der Waals surface area contributed by atoms with Gasteiger partial charge in [-0.1, -0.05) is 23.5 Å². The number of likely N-dealkylation sites (N-methyl/N-ethyl adjacent to an activating group) is 1. The van der Waals surface area contributed by atoms with Crippen molar-refractivity contribution in [1.82, 2.24) is 19.9 Å². The van der Waals surface area contributed by atoms with Gasteiger partial charge in [-0.25, -0.2) is 18.2 Å². The third kappa shape index (κ3) is 5.99. The molecule has 0 aliphatic carbocycles. The number of piperazine rings is 1. The van der Waals surface area contributed by atoms with Gasteiger partial charge in [0.25, 0.3) is 0 Å². The molecule has 1 saturated heterocycles. The molecule has 2 aromatic heterocycles. The Labute approximate surface area is 232 Å². The summed E-state index contributed by atoms with van der Waals surface area (Å²) < 4.78 is 28.9. The number of hydrogen-bond acceptors (Lipinski definition) is 12. The van der Waals surface area contributed by atoms with E-state index in [4.69, 9.17) is 14.7 Å². The van der Waals surface area contributed by atoms with Crippen LogP contribution in [0, 0.1) is 6.92 Å². The molecule has 0 amide bonds. The number of hydrogen-bond donors (Lipinski definition) is 1. The van der Waals surface area contributed by atoms with Gasteiger partial charge in [-0.3, -0.25) is 5.32 Å². The first-order valence-corrected chi connectivity index (χ1v) is 15.6. The zero-order valence-corrected chi connectivity index (χ0v) is 24.2. The molecule has 11 nitrogen and oxygen atoms in total. The summed E-state index contributed by atoms with van der Waals surface area (Å²) in [6, 6.07) is 7.00. The fraction of sp³-hybridized carbons (Fsp3) is 0.462. The van der Waals surface area contributed by atoms with Crippen molar-refractivity contribution < 1.29 is 17.9 Å². The van der Waals surface area contributed by atoms with E-state index in [2.05, 4.69) is 32.0 Å². The van der Waals surface area contributed by atoms with Crippen molar-refractivity contribution in [2.24, 2.45) is 0 Å². The molecule has 2 aliphatic rings. The van der Waals surface area contributed by atoms with E-state index in [1.165, 1.54) is 17.6 Å². The Morgan fingerprint density at radius 1 is 1.05 bits per heavy atom. The van der Waals surface area contributed by atoms with Crippen LogP contribution < -0.4 is 15.1 Å². The van der Waals surface area contributed by atoms with Crippen LogP contribution in [0.3, 0.4) is 0 Å². The Morgan fingerprint density at radius 3 is 2.41 bits per heavy atom. The number of rotatable bonds is 8. The normalized spacial score (nSPS) is 15.9. The molecule has 5 rings (SSSR count). The Balaban J connectivity index is 1.46. The minimum Gasteiger partial charge on any atom is -0.462 e. The zero-order chi connectivity index (χ0) is 27.7. The molecule has 1 aromatic carbocycles. The fourth-order valence-electron chi connectivity index (χ4n) is 4.78. The summed E-state index contributed by atoms with van der Waals surface area (Å²) in [6.45, 7) is 8.88. The summed E-state index contributed by atoms with van der Waals surface area (Å²) in [6.07, 6.45) is 2.03. The first-order chi connectivity index (χ1) is 18.6. The van der Waals surface area contributed by atoms with Gasteiger partial charge in [-0.2, -0.15) is 9.97 Å². The van der Waals surface area contributed by atoms with Crippen molar-refractivity contribution in [3.8, 4) is 0 Å². The van der Waals surface area contributed by atoms with E-state index < -0.39 is 9.84 Å². The molecule has 0 atom stereocenters. The fourth-order valence-corrected chi connectivity index (χ4v) is 6.27. The number of ether oxygens (including phenoxy) is 1. The van der Waals surface area contributed by atoms with E-state index in [0.717, 1.165) is 61.9 Å². The van der Waals surface area contributed by atoms with Crippen LogP contribution in [0.15, 0.2) is 29.2 Å². The number of anilines is 4. The second-order valence-electron chi connectivity index (χ2n) is 9.83. The molecule has 39 heavy (non-hydrogen) atoms. The second kappa shape index (κ2) is 11.1. The van der Waals surface area contributed by atoms with Crippen molar-refractivity contribution in [3.05, 3.63) is 46.0 Å². The van der Waals surface area contributed by atoms with Crippen molar-refractivity contribution in [2.75, 3.05) is 67.8 Å². The van der Waals surface area contributed by atoms with Crippen LogP contribution >= 0.6 is 11.3 Å².